The zero-order chi connectivity index (χ0) is 13.9. The highest BCUT2D eigenvalue weighted by Crippen LogP contribution is 2.22. The number of thiophene rings is 1. The van der Waals surface area contributed by atoms with Crippen LogP contribution in [0, 0.1) is 6.92 Å². The lowest BCUT2D eigenvalue weighted by atomic mass is 10.4. The molecule has 0 unspecified atom stereocenters. The van der Waals surface area contributed by atoms with Gasteiger partial charge in [-0.15, -0.1) is 22.7 Å². The molecule has 0 atom stereocenters. The molecule has 0 saturated carbocycles. The number of aliphatic hydroxyl groups excluding tert-OH is 1. The van der Waals surface area contributed by atoms with Crippen LogP contribution in [0.1, 0.15) is 15.6 Å². The van der Waals surface area contributed by atoms with Gasteiger partial charge in [0.1, 0.15) is 4.21 Å². The number of hydrogen-bond donors (Lipinski definition) is 2. The molecule has 2 aromatic heterocycles. The number of aliphatic hydroxyl groups is 1. The molecule has 5 nitrogen and oxygen atoms in total. The van der Waals surface area contributed by atoms with Crippen LogP contribution in [0.2, 0.25) is 0 Å². The fraction of sp³-hybridized carbons (Fsp3) is 0.364. The first kappa shape index (κ1) is 14.6. The maximum Gasteiger partial charge on any atom is 0.250 e. The van der Waals surface area contributed by atoms with E-state index in [0.29, 0.717) is 6.42 Å². The Morgan fingerprint density at radius 1 is 1.42 bits per heavy atom. The quantitative estimate of drug-likeness (QED) is 0.846. The van der Waals surface area contributed by atoms with E-state index in [2.05, 4.69) is 9.71 Å². The van der Waals surface area contributed by atoms with Crippen molar-refractivity contribution in [3.8, 4) is 0 Å². The molecule has 0 amide bonds. The van der Waals surface area contributed by atoms with Gasteiger partial charge in [-0.3, -0.25) is 0 Å². The number of nitrogens with one attached hydrogen (secondary N) is 1. The first-order valence-corrected chi connectivity index (χ1v) is 8.79. The maximum absolute atomic E-state index is 12.0. The highest BCUT2D eigenvalue weighted by molar-refractivity contribution is 7.91. The van der Waals surface area contributed by atoms with Crippen molar-refractivity contribution in [2.24, 2.45) is 0 Å². The van der Waals surface area contributed by atoms with Crippen molar-refractivity contribution in [1.82, 2.24) is 9.71 Å². The molecule has 0 radical (unpaired) electrons. The second-order valence-corrected chi connectivity index (χ2v) is 8.10. The zero-order valence-electron chi connectivity index (χ0n) is 10.3. The van der Waals surface area contributed by atoms with Gasteiger partial charge in [0.05, 0.1) is 17.2 Å². The molecule has 0 aliphatic heterocycles. The third-order valence-corrected chi connectivity index (χ3v) is 6.23. The molecule has 0 aromatic carbocycles. The number of sulfonamides is 1. The van der Waals surface area contributed by atoms with Gasteiger partial charge in [0.15, 0.2) is 0 Å². The van der Waals surface area contributed by atoms with Gasteiger partial charge in [-0.2, -0.15) is 0 Å². The number of hydrogen-bond acceptors (Lipinski definition) is 6. The minimum atomic E-state index is -3.50. The Bertz CT molecular complexity index is 646. The van der Waals surface area contributed by atoms with E-state index in [1.165, 1.54) is 22.7 Å². The maximum atomic E-state index is 12.0. The zero-order valence-corrected chi connectivity index (χ0v) is 12.7. The lowest BCUT2D eigenvalue weighted by molar-refractivity contribution is 0.300. The van der Waals surface area contributed by atoms with Crippen LogP contribution in [0.15, 0.2) is 21.7 Å². The van der Waals surface area contributed by atoms with E-state index in [-0.39, 0.29) is 17.4 Å². The second-order valence-electron chi connectivity index (χ2n) is 3.88. The summed E-state index contributed by atoms with van der Waals surface area (Å²) >= 11 is 2.67. The predicted molar refractivity (Wildman–Crippen MR) is 76.0 cm³/mol. The summed E-state index contributed by atoms with van der Waals surface area (Å²) in [4.78, 5) is 5.06. The van der Waals surface area contributed by atoms with Crippen molar-refractivity contribution in [1.29, 1.82) is 0 Å². The molecule has 8 heteroatoms. The molecule has 104 valence electrons. The number of aryl methyl sites for hydroxylation is 1. The standard InChI is InChI=1S/C11H14N2O3S3/c1-8-13-9(7-17-8)6-12-19(15,16)11-3-2-10(18-11)4-5-14/h2-3,7,12,14H,4-6H2,1H3. The van der Waals surface area contributed by atoms with E-state index in [9.17, 15) is 8.42 Å². The summed E-state index contributed by atoms with van der Waals surface area (Å²) in [6, 6.07) is 3.28. The fourth-order valence-electron chi connectivity index (χ4n) is 1.48. The summed E-state index contributed by atoms with van der Waals surface area (Å²) in [5, 5.41) is 11.6. The van der Waals surface area contributed by atoms with E-state index in [4.69, 9.17) is 5.11 Å². The molecule has 19 heavy (non-hydrogen) atoms. The van der Waals surface area contributed by atoms with Crippen molar-refractivity contribution in [3.05, 3.63) is 33.1 Å². The van der Waals surface area contributed by atoms with Crippen LogP contribution in [0.3, 0.4) is 0 Å². The number of rotatable bonds is 6. The Balaban J connectivity index is 2.04. The number of nitrogens with zero attached hydrogens (tertiary/aromatic N) is 1. The average molecular weight is 318 g/mol. The third kappa shape index (κ3) is 3.83. The second kappa shape index (κ2) is 6.10. The Hall–Kier alpha value is -0.800. The van der Waals surface area contributed by atoms with E-state index in [1.807, 2.05) is 12.3 Å². The summed E-state index contributed by atoms with van der Waals surface area (Å²) < 4.78 is 26.9. The normalized spacial score (nSPS) is 11.9. The third-order valence-electron chi connectivity index (χ3n) is 2.37. The Morgan fingerprint density at radius 2 is 2.21 bits per heavy atom. The van der Waals surface area contributed by atoms with Crippen LogP contribution in [0.4, 0.5) is 0 Å². The van der Waals surface area contributed by atoms with Crippen molar-refractivity contribution in [3.63, 3.8) is 0 Å². The largest absolute Gasteiger partial charge is 0.396 e. The summed E-state index contributed by atoms with van der Waals surface area (Å²) in [5.41, 5.74) is 0.721. The minimum absolute atomic E-state index is 0.0194. The van der Waals surface area contributed by atoms with Crippen molar-refractivity contribution >= 4 is 32.7 Å². The smallest absolute Gasteiger partial charge is 0.250 e. The van der Waals surface area contributed by atoms with Gasteiger partial charge in [0, 0.05) is 23.3 Å². The Kier molecular flexibility index (Phi) is 4.69. The van der Waals surface area contributed by atoms with Gasteiger partial charge in [-0.05, 0) is 19.1 Å². The Labute approximate surface area is 120 Å². The van der Waals surface area contributed by atoms with Gasteiger partial charge in [-0.25, -0.2) is 18.1 Å². The van der Waals surface area contributed by atoms with Gasteiger partial charge in [-0.1, -0.05) is 0 Å². The van der Waals surface area contributed by atoms with E-state index >= 15 is 0 Å². The van der Waals surface area contributed by atoms with E-state index in [0.717, 1.165) is 15.6 Å². The molecule has 0 spiro atoms. The molecular formula is C11H14N2O3S3. The van der Waals surface area contributed by atoms with Crippen molar-refractivity contribution in [2.75, 3.05) is 6.61 Å². The van der Waals surface area contributed by atoms with Crippen LogP contribution >= 0.6 is 22.7 Å². The molecule has 2 aromatic rings. The first-order valence-electron chi connectivity index (χ1n) is 5.61. The fourth-order valence-corrected chi connectivity index (χ4v) is 4.48. The SMILES string of the molecule is Cc1nc(CNS(=O)(=O)c2ccc(CCO)s2)cs1. The number of thiazole rings is 1. The van der Waals surface area contributed by atoms with Crippen LogP contribution in [-0.2, 0) is 23.0 Å². The molecule has 0 bridgehead atoms. The molecule has 2 rings (SSSR count). The highest BCUT2D eigenvalue weighted by Gasteiger charge is 2.16. The summed E-state index contributed by atoms with van der Waals surface area (Å²) in [6.45, 7) is 2.09. The molecule has 2 N–H and O–H groups in total. The van der Waals surface area contributed by atoms with Crippen LogP contribution < -0.4 is 4.72 Å². The van der Waals surface area contributed by atoms with Gasteiger partial charge in [0.25, 0.3) is 0 Å². The lowest BCUT2D eigenvalue weighted by Crippen LogP contribution is -2.22. The van der Waals surface area contributed by atoms with Gasteiger partial charge in [0.2, 0.25) is 10.0 Å². The van der Waals surface area contributed by atoms with Crippen LogP contribution in [-0.4, -0.2) is 25.1 Å². The number of aromatic nitrogens is 1. The Morgan fingerprint density at radius 3 is 2.84 bits per heavy atom. The monoisotopic (exact) mass is 318 g/mol. The molecule has 0 aliphatic rings. The molecule has 0 saturated heterocycles. The van der Waals surface area contributed by atoms with Crippen molar-refractivity contribution in [2.45, 2.75) is 24.1 Å². The molecule has 0 aliphatic carbocycles. The molecule has 0 fully saturated rings. The molecular weight excluding hydrogens is 304 g/mol. The van der Waals surface area contributed by atoms with Crippen LogP contribution in [0.25, 0.3) is 0 Å². The topological polar surface area (TPSA) is 79.3 Å². The highest BCUT2D eigenvalue weighted by atomic mass is 32.2. The lowest BCUT2D eigenvalue weighted by Gasteiger charge is -2.02. The first-order chi connectivity index (χ1) is 9.01. The minimum Gasteiger partial charge on any atom is -0.396 e. The summed E-state index contributed by atoms with van der Waals surface area (Å²) in [5.74, 6) is 0. The van der Waals surface area contributed by atoms with Gasteiger partial charge >= 0.3 is 0 Å². The van der Waals surface area contributed by atoms with E-state index in [1.54, 1.807) is 12.1 Å². The summed E-state index contributed by atoms with van der Waals surface area (Å²) in [6.07, 6.45) is 0.478. The van der Waals surface area contributed by atoms with Crippen LogP contribution in [0.5, 0.6) is 0 Å². The summed E-state index contributed by atoms with van der Waals surface area (Å²) in [7, 11) is -3.50. The average Bonchev–Trinajstić information content (AvgIpc) is 2.97. The van der Waals surface area contributed by atoms with Crippen molar-refractivity contribution < 1.29 is 13.5 Å². The molecule has 2 heterocycles. The van der Waals surface area contributed by atoms with E-state index < -0.39 is 10.0 Å². The predicted octanol–water partition coefficient (Wildman–Crippen LogP) is 1.53. The van der Waals surface area contributed by atoms with Gasteiger partial charge < -0.3 is 5.11 Å².